The predicted molar refractivity (Wildman–Crippen MR) is 142 cm³/mol. The van der Waals surface area contributed by atoms with Crippen LogP contribution in [0.25, 0.3) is 0 Å². The van der Waals surface area contributed by atoms with Gasteiger partial charge in [0, 0.05) is 13.0 Å². The zero-order chi connectivity index (χ0) is 24.8. The van der Waals surface area contributed by atoms with E-state index in [0.29, 0.717) is 29.8 Å². The van der Waals surface area contributed by atoms with Crippen molar-refractivity contribution >= 4 is 5.78 Å². The quantitative estimate of drug-likeness (QED) is 0.366. The maximum Gasteiger partial charge on any atom is 0.164 e. The second kappa shape index (κ2) is 10.0. The molecule has 35 heavy (non-hydrogen) atoms. The molecule has 1 heterocycles. The number of rotatable bonds is 7. The second-order valence-corrected chi connectivity index (χ2v) is 14.5. The van der Waals surface area contributed by atoms with Crippen LogP contribution in [0.5, 0.6) is 0 Å². The van der Waals surface area contributed by atoms with E-state index in [0.717, 1.165) is 55.5 Å². The topological polar surface area (TPSA) is 35.5 Å². The Kier molecular flexibility index (Phi) is 7.52. The van der Waals surface area contributed by atoms with E-state index < -0.39 is 5.60 Å². The number of carbonyl (C=O) groups is 1. The van der Waals surface area contributed by atoms with E-state index in [-0.39, 0.29) is 11.9 Å². The van der Waals surface area contributed by atoms with Crippen molar-refractivity contribution in [1.82, 2.24) is 0 Å². The standard InChI is InChI=1S/C32H54O3/c1-22(11-16-29(33)30(2,3)35-24-10-8-20-34-21-24)26-14-15-27-25-13-12-23-9-6-7-18-31(23,4)28(25)17-19-32(26,27)5/h22-28H,6-21H2,1-5H3/t22-,23?,24?,25+,26-,27+,28+,31+,32-/m1/s1. The number of fused-ring (bicyclic) bond motifs is 5. The minimum atomic E-state index is -0.695. The SMILES string of the molecule is C[C@H](CCC(=O)C(C)(C)OC1CCCOC1)[C@H]1CC[C@H]2[C@@H]3CCC4CCCC[C@]4(C)[C@H]3CC[C@]12C. The fourth-order valence-corrected chi connectivity index (χ4v) is 10.4. The van der Waals surface area contributed by atoms with Crippen molar-refractivity contribution in [3.05, 3.63) is 0 Å². The number of ketones is 1. The van der Waals surface area contributed by atoms with Gasteiger partial charge in [-0.2, -0.15) is 0 Å². The van der Waals surface area contributed by atoms with E-state index in [1.54, 1.807) is 0 Å². The molecule has 9 atom stereocenters. The van der Waals surface area contributed by atoms with Gasteiger partial charge in [-0.05, 0) is 131 Å². The Morgan fingerprint density at radius 2 is 1.74 bits per heavy atom. The molecule has 2 unspecified atom stereocenters. The maximum absolute atomic E-state index is 13.2. The van der Waals surface area contributed by atoms with Crippen LogP contribution < -0.4 is 0 Å². The molecule has 200 valence electrons. The van der Waals surface area contributed by atoms with Crippen molar-refractivity contribution in [2.24, 2.45) is 46.3 Å². The molecule has 4 aliphatic carbocycles. The molecule has 0 aromatic heterocycles. The van der Waals surface area contributed by atoms with E-state index in [1.807, 2.05) is 13.8 Å². The molecule has 5 aliphatic rings. The zero-order valence-corrected chi connectivity index (χ0v) is 23.6. The Labute approximate surface area is 215 Å². The molecule has 0 amide bonds. The summed E-state index contributed by atoms with van der Waals surface area (Å²) >= 11 is 0. The lowest BCUT2D eigenvalue weighted by Gasteiger charge is -2.61. The first-order valence-electron chi connectivity index (χ1n) is 15.4. The lowest BCUT2D eigenvalue weighted by Crippen LogP contribution is -2.53. The van der Waals surface area contributed by atoms with Crippen molar-refractivity contribution < 1.29 is 14.3 Å². The van der Waals surface area contributed by atoms with Gasteiger partial charge in [-0.15, -0.1) is 0 Å². The summed E-state index contributed by atoms with van der Waals surface area (Å²) in [4.78, 5) is 13.2. The van der Waals surface area contributed by atoms with E-state index >= 15 is 0 Å². The van der Waals surface area contributed by atoms with Crippen LogP contribution in [0.15, 0.2) is 0 Å². The van der Waals surface area contributed by atoms with Crippen LogP contribution in [0.1, 0.15) is 125 Å². The molecular formula is C32H54O3. The van der Waals surface area contributed by atoms with E-state index in [9.17, 15) is 4.79 Å². The predicted octanol–water partition coefficient (Wildman–Crippen LogP) is 8.00. The van der Waals surface area contributed by atoms with Crippen LogP contribution in [0.4, 0.5) is 0 Å². The lowest BCUT2D eigenvalue weighted by atomic mass is 9.44. The number of ether oxygens (including phenoxy) is 2. The third-order valence-corrected chi connectivity index (χ3v) is 12.4. The normalized spacial score (nSPS) is 44.7. The highest BCUT2D eigenvalue weighted by Gasteiger charge is 2.60. The van der Waals surface area contributed by atoms with Gasteiger partial charge in [0.25, 0.3) is 0 Å². The molecule has 1 saturated heterocycles. The number of carbonyl (C=O) groups excluding carboxylic acids is 1. The van der Waals surface area contributed by atoms with E-state index in [2.05, 4.69) is 20.8 Å². The van der Waals surface area contributed by atoms with Gasteiger partial charge in [0.05, 0.1) is 12.7 Å². The van der Waals surface area contributed by atoms with Gasteiger partial charge >= 0.3 is 0 Å². The van der Waals surface area contributed by atoms with Crippen LogP contribution in [0.2, 0.25) is 0 Å². The van der Waals surface area contributed by atoms with Gasteiger partial charge in [-0.25, -0.2) is 0 Å². The summed E-state index contributed by atoms with van der Waals surface area (Å²) in [6.07, 6.45) is 18.5. The first-order chi connectivity index (χ1) is 16.6. The molecule has 5 fully saturated rings. The number of Topliss-reactive ketones (excluding diaryl/α,β-unsaturated/α-hetero) is 1. The van der Waals surface area contributed by atoms with Crippen molar-refractivity contribution in [2.45, 2.75) is 136 Å². The Morgan fingerprint density at radius 1 is 0.943 bits per heavy atom. The molecule has 3 nitrogen and oxygen atoms in total. The minimum Gasteiger partial charge on any atom is -0.379 e. The van der Waals surface area contributed by atoms with Gasteiger partial charge in [-0.3, -0.25) is 4.79 Å². The van der Waals surface area contributed by atoms with Gasteiger partial charge < -0.3 is 9.47 Å². The van der Waals surface area contributed by atoms with Crippen LogP contribution in [0, 0.1) is 46.3 Å². The molecule has 4 saturated carbocycles. The Balaban J connectivity index is 1.19. The lowest BCUT2D eigenvalue weighted by molar-refractivity contribution is -0.158. The minimum absolute atomic E-state index is 0.0749. The Hall–Kier alpha value is -0.410. The highest BCUT2D eigenvalue weighted by molar-refractivity contribution is 5.86. The highest BCUT2D eigenvalue weighted by Crippen LogP contribution is 2.68. The van der Waals surface area contributed by atoms with Crippen LogP contribution in [-0.2, 0) is 14.3 Å². The largest absolute Gasteiger partial charge is 0.379 e. The average Bonchev–Trinajstić information content (AvgIpc) is 3.19. The molecule has 0 aromatic carbocycles. The Bertz CT molecular complexity index is 754. The summed E-state index contributed by atoms with van der Waals surface area (Å²) in [6.45, 7) is 13.2. The maximum atomic E-state index is 13.2. The summed E-state index contributed by atoms with van der Waals surface area (Å²) in [5, 5.41) is 0. The third-order valence-electron chi connectivity index (χ3n) is 12.4. The highest BCUT2D eigenvalue weighted by atomic mass is 16.6. The average molecular weight is 487 g/mol. The second-order valence-electron chi connectivity index (χ2n) is 14.5. The molecular weight excluding hydrogens is 432 g/mol. The van der Waals surface area contributed by atoms with Gasteiger partial charge in [0.15, 0.2) is 5.78 Å². The number of hydrogen-bond acceptors (Lipinski definition) is 3. The molecule has 1 aliphatic heterocycles. The first kappa shape index (κ1) is 26.2. The molecule has 0 aromatic rings. The summed E-state index contributed by atoms with van der Waals surface area (Å²) in [7, 11) is 0. The first-order valence-corrected chi connectivity index (χ1v) is 15.4. The smallest absolute Gasteiger partial charge is 0.164 e. The molecule has 0 spiro atoms. The summed E-state index contributed by atoms with van der Waals surface area (Å²) < 4.78 is 11.8. The van der Waals surface area contributed by atoms with Crippen molar-refractivity contribution in [3.63, 3.8) is 0 Å². The van der Waals surface area contributed by atoms with Gasteiger partial charge in [0.1, 0.15) is 5.60 Å². The summed E-state index contributed by atoms with van der Waals surface area (Å²) in [5.41, 5.74) is 0.430. The van der Waals surface area contributed by atoms with Gasteiger partial charge in [-0.1, -0.05) is 33.6 Å². The molecule has 0 N–H and O–H groups in total. The Morgan fingerprint density at radius 3 is 2.51 bits per heavy atom. The van der Waals surface area contributed by atoms with E-state index in [1.165, 1.54) is 64.2 Å². The summed E-state index contributed by atoms with van der Waals surface area (Å²) in [5.74, 6) is 5.58. The van der Waals surface area contributed by atoms with Crippen molar-refractivity contribution in [2.75, 3.05) is 13.2 Å². The number of hydrogen-bond donors (Lipinski definition) is 0. The van der Waals surface area contributed by atoms with Crippen LogP contribution in [-0.4, -0.2) is 30.7 Å². The van der Waals surface area contributed by atoms with E-state index in [4.69, 9.17) is 9.47 Å². The zero-order valence-electron chi connectivity index (χ0n) is 23.6. The van der Waals surface area contributed by atoms with Crippen LogP contribution >= 0.6 is 0 Å². The monoisotopic (exact) mass is 486 g/mol. The third kappa shape index (κ3) is 4.80. The molecule has 5 rings (SSSR count). The molecule has 0 bridgehead atoms. The fourth-order valence-electron chi connectivity index (χ4n) is 10.4. The van der Waals surface area contributed by atoms with Gasteiger partial charge in [0.2, 0.25) is 0 Å². The fraction of sp³-hybridized carbons (Fsp3) is 0.969. The van der Waals surface area contributed by atoms with Crippen molar-refractivity contribution in [3.8, 4) is 0 Å². The summed E-state index contributed by atoms with van der Waals surface area (Å²) in [6, 6.07) is 0. The molecule has 3 heteroatoms. The molecule has 0 radical (unpaired) electrons. The van der Waals surface area contributed by atoms with Crippen LogP contribution in [0.3, 0.4) is 0 Å². The van der Waals surface area contributed by atoms with Crippen molar-refractivity contribution in [1.29, 1.82) is 0 Å².